The average molecular weight is 296 g/mol. The molecule has 3 heteroatoms. The number of ether oxygens (including phenoxy) is 2. The maximum Gasteiger partial charge on any atom is 0.306 e. The van der Waals surface area contributed by atoms with E-state index in [2.05, 4.69) is 12.1 Å². The molecule has 0 radical (unpaired) electrons. The van der Waals surface area contributed by atoms with Gasteiger partial charge in [0.05, 0.1) is 13.5 Å². The fourth-order valence-electron chi connectivity index (χ4n) is 2.99. The van der Waals surface area contributed by atoms with E-state index < -0.39 is 0 Å². The van der Waals surface area contributed by atoms with Crippen LogP contribution in [0.1, 0.15) is 35.4 Å². The van der Waals surface area contributed by atoms with Gasteiger partial charge in [-0.15, -0.1) is 0 Å². The van der Waals surface area contributed by atoms with E-state index in [1.165, 1.54) is 18.2 Å². The Bertz CT molecular complexity index is 649. The molecular weight excluding hydrogens is 276 g/mol. The van der Waals surface area contributed by atoms with Gasteiger partial charge in [-0.1, -0.05) is 36.4 Å². The molecule has 2 aromatic rings. The van der Waals surface area contributed by atoms with Gasteiger partial charge in [0.2, 0.25) is 0 Å². The second-order valence-corrected chi connectivity index (χ2v) is 5.65. The number of esters is 1. The van der Waals surface area contributed by atoms with Gasteiger partial charge in [0, 0.05) is 0 Å². The Morgan fingerprint density at radius 2 is 2.00 bits per heavy atom. The summed E-state index contributed by atoms with van der Waals surface area (Å²) >= 11 is 0. The Labute approximate surface area is 130 Å². The zero-order valence-electron chi connectivity index (χ0n) is 12.7. The molecule has 2 aromatic carbocycles. The molecule has 114 valence electrons. The van der Waals surface area contributed by atoms with Gasteiger partial charge in [0.1, 0.15) is 12.4 Å². The Morgan fingerprint density at radius 1 is 1.18 bits per heavy atom. The molecule has 22 heavy (non-hydrogen) atoms. The highest BCUT2D eigenvalue weighted by molar-refractivity contribution is 5.70. The number of rotatable bonds is 5. The quantitative estimate of drug-likeness (QED) is 0.786. The third kappa shape index (κ3) is 3.30. The van der Waals surface area contributed by atoms with Crippen molar-refractivity contribution in [3.8, 4) is 5.75 Å². The molecule has 0 saturated heterocycles. The zero-order chi connectivity index (χ0) is 15.4. The van der Waals surface area contributed by atoms with Crippen LogP contribution in [0, 0.1) is 0 Å². The van der Waals surface area contributed by atoms with Crippen molar-refractivity contribution in [1.29, 1.82) is 0 Å². The molecule has 0 fully saturated rings. The van der Waals surface area contributed by atoms with Gasteiger partial charge in [-0.05, 0) is 47.6 Å². The molecule has 0 aliphatic heterocycles. The van der Waals surface area contributed by atoms with E-state index in [4.69, 9.17) is 9.47 Å². The topological polar surface area (TPSA) is 35.5 Å². The van der Waals surface area contributed by atoms with Crippen LogP contribution in [0.15, 0.2) is 48.5 Å². The molecule has 0 unspecified atom stereocenters. The first-order valence-electron chi connectivity index (χ1n) is 7.62. The minimum atomic E-state index is -0.145. The highest BCUT2D eigenvalue weighted by atomic mass is 16.5. The molecular formula is C19H20O3. The van der Waals surface area contributed by atoms with E-state index in [0.717, 1.165) is 24.2 Å². The second kappa shape index (κ2) is 6.65. The van der Waals surface area contributed by atoms with Gasteiger partial charge in [-0.3, -0.25) is 4.79 Å². The van der Waals surface area contributed by atoms with Crippen molar-refractivity contribution in [3.05, 3.63) is 65.2 Å². The maximum absolute atomic E-state index is 11.5. The highest BCUT2D eigenvalue weighted by Gasteiger charge is 2.25. The minimum Gasteiger partial charge on any atom is -0.489 e. The number of hydrogen-bond acceptors (Lipinski definition) is 3. The summed E-state index contributed by atoms with van der Waals surface area (Å²) in [5, 5.41) is 0. The van der Waals surface area contributed by atoms with Crippen LogP contribution in [0.4, 0.5) is 0 Å². The monoisotopic (exact) mass is 296 g/mol. The number of aryl methyl sites for hydroxylation is 1. The summed E-state index contributed by atoms with van der Waals surface area (Å²) in [6.45, 7) is 0.557. The van der Waals surface area contributed by atoms with Crippen molar-refractivity contribution < 1.29 is 14.3 Å². The number of fused-ring (bicyclic) bond motifs is 1. The van der Waals surface area contributed by atoms with Crippen molar-refractivity contribution in [2.75, 3.05) is 7.11 Å². The molecule has 1 aliphatic rings. The van der Waals surface area contributed by atoms with Gasteiger partial charge < -0.3 is 9.47 Å². The Morgan fingerprint density at radius 3 is 2.77 bits per heavy atom. The van der Waals surface area contributed by atoms with E-state index in [9.17, 15) is 4.79 Å². The predicted octanol–water partition coefficient (Wildman–Crippen LogP) is 3.86. The lowest BCUT2D eigenvalue weighted by Gasteiger charge is -2.12. The van der Waals surface area contributed by atoms with E-state index in [1.54, 1.807) is 0 Å². The summed E-state index contributed by atoms with van der Waals surface area (Å²) in [6.07, 6.45) is 2.48. The lowest BCUT2D eigenvalue weighted by molar-refractivity contribution is -0.141. The summed E-state index contributed by atoms with van der Waals surface area (Å²) in [4.78, 5) is 11.5. The standard InChI is InChI=1S/C19H20O3/c1-21-19(20)11-16-8-7-15-9-10-17(12-18(15)16)22-13-14-5-3-2-4-6-14/h2-6,9-10,12,16H,7-8,11,13H2,1H3/t16-/m0/s1. The van der Waals surface area contributed by atoms with Crippen LogP contribution in [-0.2, 0) is 22.6 Å². The molecule has 0 bridgehead atoms. The molecule has 0 amide bonds. The molecule has 3 nitrogen and oxygen atoms in total. The van der Waals surface area contributed by atoms with E-state index >= 15 is 0 Å². The van der Waals surface area contributed by atoms with Crippen LogP contribution in [0.3, 0.4) is 0 Å². The molecule has 0 heterocycles. The van der Waals surface area contributed by atoms with Crippen molar-refractivity contribution in [2.24, 2.45) is 0 Å². The van der Waals surface area contributed by atoms with Crippen LogP contribution in [0.25, 0.3) is 0 Å². The molecule has 0 N–H and O–H groups in total. The largest absolute Gasteiger partial charge is 0.489 e. The lowest BCUT2D eigenvalue weighted by Crippen LogP contribution is -2.06. The smallest absolute Gasteiger partial charge is 0.306 e. The summed E-state index contributed by atoms with van der Waals surface area (Å²) in [5.74, 6) is 0.968. The normalized spacial score (nSPS) is 16.1. The third-order valence-electron chi connectivity index (χ3n) is 4.21. The number of carbonyl (C=O) groups excluding carboxylic acids is 1. The fourth-order valence-corrected chi connectivity index (χ4v) is 2.99. The Hall–Kier alpha value is -2.29. The molecule has 0 spiro atoms. The van der Waals surface area contributed by atoms with Gasteiger partial charge >= 0.3 is 5.97 Å². The summed E-state index contributed by atoms with van der Waals surface area (Å²) in [6, 6.07) is 16.3. The first kappa shape index (κ1) is 14.6. The molecule has 0 aromatic heterocycles. The Kier molecular flexibility index (Phi) is 4.42. The van der Waals surface area contributed by atoms with Crippen molar-refractivity contribution >= 4 is 5.97 Å². The van der Waals surface area contributed by atoms with Gasteiger partial charge in [0.25, 0.3) is 0 Å². The SMILES string of the molecule is COC(=O)C[C@@H]1CCc2ccc(OCc3ccccc3)cc21. The molecule has 1 aliphatic carbocycles. The summed E-state index contributed by atoms with van der Waals surface area (Å²) in [7, 11) is 1.44. The summed E-state index contributed by atoms with van der Waals surface area (Å²) in [5.41, 5.74) is 3.70. The number of carbonyl (C=O) groups is 1. The van der Waals surface area contributed by atoms with Crippen molar-refractivity contribution in [1.82, 2.24) is 0 Å². The van der Waals surface area contributed by atoms with Crippen molar-refractivity contribution in [3.63, 3.8) is 0 Å². The van der Waals surface area contributed by atoms with E-state index in [-0.39, 0.29) is 11.9 Å². The number of methoxy groups -OCH3 is 1. The summed E-state index contributed by atoms with van der Waals surface area (Å²) < 4.78 is 10.7. The zero-order valence-corrected chi connectivity index (χ0v) is 12.7. The van der Waals surface area contributed by atoms with Crippen LogP contribution in [0.5, 0.6) is 5.75 Å². The minimum absolute atomic E-state index is 0.145. The molecule has 1 atom stereocenters. The molecule has 0 saturated carbocycles. The van der Waals surface area contributed by atoms with Crippen LogP contribution in [0.2, 0.25) is 0 Å². The maximum atomic E-state index is 11.5. The number of hydrogen-bond donors (Lipinski definition) is 0. The highest BCUT2D eigenvalue weighted by Crippen LogP contribution is 2.37. The van der Waals surface area contributed by atoms with E-state index in [0.29, 0.717) is 13.0 Å². The van der Waals surface area contributed by atoms with Crippen LogP contribution in [-0.4, -0.2) is 13.1 Å². The third-order valence-corrected chi connectivity index (χ3v) is 4.21. The second-order valence-electron chi connectivity index (χ2n) is 5.65. The van der Waals surface area contributed by atoms with Gasteiger partial charge in [-0.2, -0.15) is 0 Å². The number of benzene rings is 2. The van der Waals surface area contributed by atoms with Crippen LogP contribution < -0.4 is 4.74 Å². The van der Waals surface area contributed by atoms with Gasteiger partial charge in [-0.25, -0.2) is 0 Å². The van der Waals surface area contributed by atoms with Crippen molar-refractivity contribution in [2.45, 2.75) is 31.8 Å². The van der Waals surface area contributed by atoms with Gasteiger partial charge in [0.15, 0.2) is 0 Å². The van der Waals surface area contributed by atoms with E-state index in [1.807, 2.05) is 36.4 Å². The first-order chi connectivity index (χ1) is 10.8. The van der Waals surface area contributed by atoms with Crippen LogP contribution >= 0.6 is 0 Å². The lowest BCUT2D eigenvalue weighted by atomic mass is 9.98. The fraction of sp³-hybridized carbons (Fsp3) is 0.316. The Balaban J connectivity index is 1.70. The average Bonchev–Trinajstić information content (AvgIpc) is 2.96. The molecule has 3 rings (SSSR count). The first-order valence-corrected chi connectivity index (χ1v) is 7.62. The predicted molar refractivity (Wildman–Crippen MR) is 84.9 cm³/mol.